The molecule has 1 aromatic rings. The normalized spacial score (nSPS) is 19.3. The Labute approximate surface area is 75.3 Å². The van der Waals surface area contributed by atoms with Crippen molar-refractivity contribution in [3.05, 3.63) is 17.0 Å². The van der Waals surface area contributed by atoms with Gasteiger partial charge in [0.1, 0.15) is 4.21 Å². The van der Waals surface area contributed by atoms with Crippen LogP contribution in [0.1, 0.15) is 12.0 Å². The van der Waals surface area contributed by atoms with Gasteiger partial charge in [-0.05, 0) is 29.9 Å². The summed E-state index contributed by atoms with van der Waals surface area (Å²) in [6.45, 7) is 0. The summed E-state index contributed by atoms with van der Waals surface area (Å²) in [6.07, 6.45) is 1.71. The van der Waals surface area contributed by atoms with Gasteiger partial charge in [-0.2, -0.15) is 0 Å². The average molecular weight is 206 g/mol. The highest BCUT2D eigenvalue weighted by molar-refractivity contribution is 7.93. The molecule has 1 aliphatic heterocycles. The van der Waals surface area contributed by atoms with Crippen molar-refractivity contribution in [2.24, 2.45) is 0 Å². The van der Waals surface area contributed by atoms with Crippen LogP contribution in [-0.4, -0.2) is 19.6 Å². The van der Waals surface area contributed by atoms with Crippen LogP contribution in [0.5, 0.6) is 0 Å². The van der Waals surface area contributed by atoms with E-state index in [9.17, 15) is 8.42 Å². The summed E-state index contributed by atoms with van der Waals surface area (Å²) in [6, 6.07) is 1.91. The summed E-state index contributed by atoms with van der Waals surface area (Å²) >= 11 is 1.34. The lowest BCUT2D eigenvalue weighted by atomic mass is 10.2. The molecule has 1 aromatic heterocycles. The first-order valence-electron chi connectivity index (χ1n) is 3.49. The Morgan fingerprint density at radius 1 is 1.42 bits per heavy atom. The molecule has 0 bridgehead atoms. The van der Waals surface area contributed by atoms with Crippen molar-refractivity contribution in [1.29, 1.82) is 0 Å². The van der Waals surface area contributed by atoms with Crippen LogP contribution in [-0.2, 0) is 16.3 Å². The third-order valence-electron chi connectivity index (χ3n) is 1.85. The van der Waals surface area contributed by atoms with Gasteiger partial charge < -0.3 is 5.48 Å². The smallest absolute Gasteiger partial charge is 0.188 e. The molecular formula is C7H10O3S2. The highest BCUT2D eigenvalue weighted by atomic mass is 32.2. The van der Waals surface area contributed by atoms with Crippen molar-refractivity contribution in [1.82, 2.24) is 0 Å². The summed E-state index contributed by atoms with van der Waals surface area (Å²) < 4.78 is 23.3. The molecule has 0 unspecified atom stereocenters. The fourth-order valence-corrected chi connectivity index (χ4v) is 4.29. The maximum absolute atomic E-state index is 11.3. The Hall–Kier alpha value is -0.390. The summed E-state index contributed by atoms with van der Waals surface area (Å²) in [5.74, 6) is 0.334. The van der Waals surface area contributed by atoms with Gasteiger partial charge in [-0.25, -0.2) is 8.42 Å². The molecule has 2 heterocycles. The van der Waals surface area contributed by atoms with Crippen LogP contribution in [0.15, 0.2) is 15.7 Å². The van der Waals surface area contributed by atoms with E-state index in [0.717, 1.165) is 18.4 Å². The number of hydrogen-bond acceptors (Lipinski definition) is 3. The largest absolute Gasteiger partial charge is 0.412 e. The monoisotopic (exact) mass is 206 g/mol. The molecule has 0 aliphatic carbocycles. The van der Waals surface area contributed by atoms with E-state index in [1.807, 2.05) is 11.4 Å². The second kappa shape index (κ2) is 3.16. The maximum atomic E-state index is 11.3. The predicted molar refractivity (Wildman–Crippen MR) is 48.3 cm³/mol. The summed E-state index contributed by atoms with van der Waals surface area (Å²) in [5, 5.41) is 1.85. The average Bonchev–Trinajstić information content (AvgIpc) is 2.34. The predicted octanol–water partition coefficient (Wildman–Crippen LogP) is 0.643. The molecule has 12 heavy (non-hydrogen) atoms. The molecule has 5 heteroatoms. The molecule has 2 N–H and O–H groups in total. The second-order valence-electron chi connectivity index (χ2n) is 2.66. The topological polar surface area (TPSA) is 65.6 Å². The first-order chi connectivity index (χ1) is 5.20. The van der Waals surface area contributed by atoms with Crippen molar-refractivity contribution < 1.29 is 13.9 Å². The number of sulfone groups is 1. The molecule has 0 amide bonds. The molecule has 68 valence electrons. The lowest BCUT2D eigenvalue weighted by Crippen LogP contribution is -2.13. The molecule has 0 atom stereocenters. The maximum Gasteiger partial charge on any atom is 0.188 e. The van der Waals surface area contributed by atoms with E-state index < -0.39 is 9.84 Å². The van der Waals surface area contributed by atoms with Crippen LogP contribution in [0.25, 0.3) is 0 Å². The van der Waals surface area contributed by atoms with E-state index in [-0.39, 0.29) is 5.48 Å². The van der Waals surface area contributed by atoms with Crippen molar-refractivity contribution in [3.8, 4) is 0 Å². The Bertz CT molecular complexity index is 364. The van der Waals surface area contributed by atoms with Crippen LogP contribution >= 0.6 is 11.3 Å². The molecule has 1 aliphatic rings. The molecule has 3 nitrogen and oxygen atoms in total. The Morgan fingerprint density at radius 2 is 2.17 bits per heavy atom. The minimum absolute atomic E-state index is 0. The SMILES string of the molecule is O.O=S1(=O)CCCc2ccsc21. The van der Waals surface area contributed by atoms with E-state index >= 15 is 0 Å². The van der Waals surface area contributed by atoms with Gasteiger partial charge in [0.25, 0.3) is 0 Å². The van der Waals surface area contributed by atoms with E-state index in [0.29, 0.717) is 9.96 Å². The first kappa shape index (κ1) is 9.70. The first-order valence-corrected chi connectivity index (χ1v) is 6.02. The summed E-state index contributed by atoms with van der Waals surface area (Å²) in [4.78, 5) is 0. The number of thiophene rings is 1. The van der Waals surface area contributed by atoms with Gasteiger partial charge in [0, 0.05) is 0 Å². The Morgan fingerprint density at radius 3 is 2.83 bits per heavy atom. The molecule has 0 saturated carbocycles. The quantitative estimate of drug-likeness (QED) is 0.625. The highest BCUT2D eigenvalue weighted by Crippen LogP contribution is 2.29. The van der Waals surface area contributed by atoms with Gasteiger partial charge in [0.2, 0.25) is 0 Å². The lowest BCUT2D eigenvalue weighted by molar-refractivity contribution is 0.589. The van der Waals surface area contributed by atoms with Gasteiger partial charge in [-0.3, -0.25) is 0 Å². The van der Waals surface area contributed by atoms with Gasteiger partial charge in [-0.1, -0.05) is 0 Å². The van der Waals surface area contributed by atoms with Crippen molar-refractivity contribution in [2.75, 3.05) is 5.75 Å². The zero-order chi connectivity index (χ0) is 7.90. The van der Waals surface area contributed by atoms with Crippen LogP contribution in [0, 0.1) is 0 Å². The van der Waals surface area contributed by atoms with E-state index in [4.69, 9.17) is 0 Å². The molecule has 0 fully saturated rings. The number of fused-ring (bicyclic) bond motifs is 1. The zero-order valence-electron chi connectivity index (χ0n) is 6.41. The van der Waals surface area contributed by atoms with Gasteiger partial charge in [-0.15, -0.1) is 11.3 Å². The number of hydrogen-bond donors (Lipinski definition) is 0. The number of rotatable bonds is 0. The molecule has 0 radical (unpaired) electrons. The van der Waals surface area contributed by atoms with E-state index in [1.165, 1.54) is 11.3 Å². The fourth-order valence-electron chi connectivity index (χ4n) is 1.33. The van der Waals surface area contributed by atoms with Crippen molar-refractivity contribution >= 4 is 21.2 Å². The standard InChI is InChI=1S/C7H8O2S2.H2O/c8-11(9)5-1-2-6-3-4-10-7(6)11;/h3-4H,1-2,5H2;1H2. The molecule has 2 rings (SSSR count). The molecular weight excluding hydrogens is 196 g/mol. The third-order valence-corrected chi connectivity index (χ3v) is 5.30. The summed E-state index contributed by atoms with van der Waals surface area (Å²) in [7, 11) is -2.88. The van der Waals surface area contributed by atoms with Crippen molar-refractivity contribution in [3.63, 3.8) is 0 Å². The minimum atomic E-state index is -2.88. The molecule has 0 aromatic carbocycles. The molecule has 0 saturated heterocycles. The van der Waals surface area contributed by atoms with Gasteiger partial charge >= 0.3 is 0 Å². The minimum Gasteiger partial charge on any atom is -0.412 e. The summed E-state index contributed by atoms with van der Waals surface area (Å²) in [5.41, 5.74) is 1.02. The fraction of sp³-hybridized carbons (Fsp3) is 0.429. The van der Waals surface area contributed by atoms with E-state index in [2.05, 4.69) is 0 Å². The van der Waals surface area contributed by atoms with Crippen LogP contribution in [0.3, 0.4) is 0 Å². The van der Waals surface area contributed by atoms with Gasteiger partial charge in [0.05, 0.1) is 5.75 Å². The third kappa shape index (κ3) is 1.39. The highest BCUT2D eigenvalue weighted by Gasteiger charge is 2.24. The Kier molecular flexibility index (Phi) is 2.55. The van der Waals surface area contributed by atoms with Gasteiger partial charge in [0.15, 0.2) is 9.84 Å². The van der Waals surface area contributed by atoms with Crippen LogP contribution in [0.2, 0.25) is 0 Å². The van der Waals surface area contributed by atoms with E-state index in [1.54, 1.807) is 0 Å². The Balaban J connectivity index is 0.000000720. The van der Waals surface area contributed by atoms with Crippen molar-refractivity contribution in [2.45, 2.75) is 17.1 Å². The second-order valence-corrected chi connectivity index (χ2v) is 5.88. The zero-order valence-corrected chi connectivity index (χ0v) is 8.04. The number of aryl methyl sites for hydroxylation is 1. The van der Waals surface area contributed by atoms with Crippen LogP contribution < -0.4 is 0 Å². The van der Waals surface area contributed by atoms with Crippen LogP contribution in [0.4, 0.5) is 0 Å². The molecule has 0 spiro atoms. The lowest BCUT2D eigenvalue weighted by Gasteiger charge is -2.10.